The number of fused-ring (bicyclic) bond motifs is 1. The van der Waals surface area contributed by atoms with Gasteiger partial charge in [-0.2, -0.15) is 0 Å². The quantitative estimate of drug-likeness (QED) is 0.833. The molecule has 2 unspecified atom stereocenters. The van der Waals surface area contributed by atoms with Crippen LogP contribution in [0.5, 0.6) is 0 Å². The number of likely N-dealkylation sites (tertiary alicyclic amines) is 1. The zero-order chi connectivity index (χ0) is 15.7. The fourth-order valence-corrected chi connectivity index (χ4v) is 4.33. The molecule has 2 saturated heterocycles. The van der Waals surface area contributed by atoms with Crippen LogP contribution in [0.1, 0.15) is 45.4 Å². The minimum Gasteiger partial charge on any atom is -0.481 e. The average Bonchev–Trinajstić information content (AvgIpc) is 3.06. The van der Waals surface area contributed by atoms with E-state index in [1.807, 2.05) is 6.92 Å². The molecule has 2 amide bonds. The minimum atomic E-state index is -0.742. The zero-order valence-electron chi connectivity index (χ0n) is 13.2. The average molecular weight is 310 g/mol. The predicted octanol–water partition coefficient (Wildman–Crippen LogP) is 1.84. The minimum absolute atomic E-state index is 0.0333. The number of aliphatic carboxylic acids is 1. The molecule has 1 saturated carbocycles. The number of carboxylic acids is 1. The van der Waals surface area contributed by atoms with Crippen LogP contribution in [0, 0.1) is 11.3 Å². The van der Waals surface area contributed by atoms with Gasteiger partial charge in [0.25, 0.3) is 0 Å². The molecular formula is C16H26N2O4. The second-order valence-electron chi connectivity index (χ2n) is 7.07. The second-order valence-corrected chi connectivity index (χ2v) is 7.07. The van der Waals surface area contributed by atoms with Crippen LogP contribution in [-0.2, 0) is 9.53 Å². The summed E-state index contributed by atoms with van der Waals surface area (Å²) in [5, 5.41) is 12.6. The van der Waals surface area contributed by atoms with Crippen LogP contribution < -0.4 is 5.32 Å². The van der Waals surface area contributed by atoms with E-state index in [9.17, 15) is 14.7 Å². The molecule has 0 spiro atoms. The first-order valence-corrected chi connectivity index (χ1v) is 8.43. The van der Waals surface area contributed by atoms with Crippen LogP contribution in [0.25, 0.3) is 0 Å². The number of hydrogen-bond donors (Lipinski definition) is 2. The lowest BCUT2D eigenvalue weighted by molar-refractivity contribution is -0.149. The monoisotopic (exact) mass is 310 g/mol. The Morgan fingerprint density at radius 3 is 2.77 bits per heavy atom. The normalized spacial score (nSPS) is 36.0. The van der Waals surface area contributed by atoms with Crippen molar-refractivity contribution in [2.24, 2.45) is 11.3 Å². The topological polar surface area (TPSA) is 78.9 Å². The fraction of sp³-hybridized carbons (Fsp3) is 0.875. The number of rotatable bonds is 3. The van der Waals surface area contributed by atoms with Crippen molar-refractivity contribution in [3.63, 3.8) is 0 Å². The van der Waals surface area contributed by atoms with Gasteiger partial charge in [-0.25, -0.2) is 4.79 Å². The molecule has 124 valence electrons. The van der Waals surface area contributed by atoms with Crippen molar-refractivity contribution in [2.75, 3.05) is 19.7 Å². The Balaban J connectivity index is 1.58. The third-order valence-electron chi connectivity index (χ3n) is 5.71. The van der Waals surface area contributed by atoms with Crippen molar-refractivity contribution in [1.82, 2.24) is 10.2 Å². The number of urea groups is 1. The van der Waals surface area contributed by atoms with Crippen LogP contribution in [0.4, 0.5) is 4.79 Å². The van der Waals surface area contributed by atoms with E-state index in [1.54, 1.807) is 4.90 Å². The van der Waals surface area contributed by atoms with Crippen molar-refractivity contribution in [3.8, 4) is 0 Å². The lowest BCUT2D eigenvalue weighted by atomic mass is 9.81. The van der Waals surface area contributed by atoms with Crippen molar-refractivity contribution < 1.29 is 19.4 Å². The molecule has 22 heavy (non-hydrogen) atoms. The highest BCUT2D eigenvalue weighted by molar-refractivity contribution is 5.80. The van der Waals surface area contributed by atoms with Gasteiger partial charge in [-0.05, 0) is 44.9 Å². The number of nitrogens with one attached hydrogen (secondary N) is 1. The molecule has 3 aliphatic rings. The molecule has 4 atom stereocenters. The van der Waals surface area contributed by atoms with Gasteiger partial charge in [0.05, 0.1) is 17.6 Å². The Kier molecular flexibility index (Phi) is 4.30. The molecule has 3 fully saturated rings. The maximum absolute atomic E-state index is 12.5. The molecule has 2 heterocycles. The Hall–Kier alpha value is -1.30. The van der Waals surface area contributed by atoms with Crippen LogP contribution in [0.2, 0.25) is 0 Å². The Labute approximate surface area is 131 Å². The third kappa shape index (κ3) is 2.69. The van der Waals surface area contributed by atoms with E-state index >= 15 is 0 Å². The van der Waals surface area contributed by atoms with Crippen LogP contribution in [-0.4, -0.2) is 53.8 Å². The molecule has 6 heteroatoms. The van der Waals surface area contributed by atoms with Crippen LogP contribution >= 0.6 is 0 Å². The third-order valence-corrected chi connectivity index (χ3v) is 5.71. The number of amides is 2. The highest BCUT2D eigenvalue weighted by Crippen LogP contribution is 2.48. The van der Waals surface area contributed by atoms with Crippen molar-refractivity contribution in [1.29, 1.82) is 0 Å². The molecule has 1 aliphatic carbocycles. The summed E-state index contributed by atoms with van der Waals surface area (Å²) in [5.74, 6) is -0.633. The lowest BCUT2D eigenvalue weighted by Crippen LogP contribution is -2.49. The van der Waals surface area contributed by atoms with Gasteiger partial charge in [0, 0.05) is 19.7 Å². The van der Waals surface area contributed by atoms with Gasteiger partial charge in [0.2, 0.25) is 0 Å². The zero-order valence-corrected chi connectivity index (χ0v) is 13.2. The summed E-state index contributed by atoms with van der Waals surface area (Å²) < 4.78 is 5.71. The first kappa shape index (κ1) is 15.6. The number of hydrogen-bond acceptors (Lipinski definition) is 3. The number of carboxylic acid groups (broad SMARTS) is 1. The number of ether oxygens (including phenoxy) is 1. The van der Waals surface area contributed by atoms with Gasteiger partial charge in [0.15, 0.2) is 0 Å². The van der Waals surface area contributed by atoms with Gasteiger partial charge >= 0.3 is 12.0 Å². The van der Waals surface area contributed by atoms with Gasteiger partial charge in [-0.3, -0.25) is 4.79 Å². The van der Waals surface area contributed by atoms with E-state index in [2.05, 4.69) is 5.32 Å². The van der Waals surface area contributed by atoms with Gasteiger partial charge in [0.1, 0.15) is 0 Å². The summed E-state index contributed by atoms with van der Waals surface area (Å²) in [7, 11) is 0. The molecule has 0 aromatic carbocycles. The molecular weight excluding hydrogens is 284 g/mol. The summed E-state index contributed by atoms with van der Waals surface area (Å²) in [5.41, 5.74) is -0.706. The Bertz CT molecular complexity index is 449. The Morgan fingerprint density at radius 1 is 1.32 bits per heavy atom. The number of carbonyl (C=O) groups excluding carboxylic acids is 1. The fourth-order valence-electron chi connectivity index (χ4n) is 4.33. The predicted molar refractivity (Wildman–Crippen MR) is 80.6 cm³/mol. The molecule has 6 nitrogen and oxygen atoms in total. The molecule has 0 radical (unpaired) electrons. The van der Waals surface area contributed by atoms with E-state index in [-0.39, 0.29) is 24.1 Å². The summed E-state index contributed by atoms with van der Waals surface area (Å²) in [6, 6.07) is -0.175. The lowest BCUT2D eigenvalue weighted by Gasteiger charge is -2.30. The Morgan fingerprint density at radius 2 is 2.14 bits per heavy atom. The number of nitrogens with zero attached hydrogens (tertiary/aromatic N) is 1. The molecule has 2 aliphatic heterocycles. The molecule has 0 bridgehead atoms. The van der Waals surface area contributed by atoms with Crippen molar-refractivity contribution >= 4 is 12.0 Å². The molecule has 0 aromatic rings. The molecule has 0 aromatic heterocycles. The van der Waals surface area contributed by atoms with Crippen LogP contribution in [0.3, 0.4) is 0 Å². The summed E-state index contributed by atoms with van der Waals surface area (Å²) in [6.07, 6.45) is 5.84. The summed E-state index contributed by atoms with van der Waals surface area (Å²) in [6.45, 7) is 3.64. The largest absolute Gasteiger partial charge is 0.481 e. The highest BCUT2D eigenvalue weighted by atomic mass is 16.5. The SMILES string of the molecule is CC(NC(=O)N1C[C@@H]2CCC[C@@]2(C(=O)O)C1)C1CCCCO1. The first-order valence-electron chi connectivity index (χ1n) is 8.43. The van der Waals surface area contributed by atoms with Gasteiger partial charge in [-0.1, -0.05) is 6.42 Å². The van der Waals surface area contributed by atoms with E-state index in [0.717, 1.165) is 38.7 Å². The van der Waals surface area contributed by atoms with E-state index < -0.39 is 11.4 Å². The standard InChI is InChI=1S/C16H26N2O4/c1-11(13-6-2-3-8-22-13)17-15(21)18-9-12-5-4-7-16(12,10-18)14(19)20/h11-13H,2-10H2,1H3,(H,17,21)(H,19,20)/t11?,12-,13?,16+/m0/s1. The first-order chi connectivity index (χ1) is 10.5. The van der Waals surface area contributed by atoms with Crippen LogP contribution in [0.15, 0.2) is 0 Å². The van der Waals surface area contributed by atoms with Gasteiger partial charge in [-0.15, -0.1) is 0 Å². The highest BCUT2D eigenvalue weighted by Gasteiger charge is 2.55. The smallest absolute Gasteiger partial charge is 0.317 e. The van der Waals surface area contributed by atoms with E-state index in [4.69, 9.17) is 4.74 Å². The maximum atomic E-state index is 12.5. The van der Waals surface area contributed by atoms with Crippen molar-refractivity contribution in [3.05, 3.63) is 0 Å². The molecule has 2 N–H and O–H groups in total. The second kappa shape index (κ2) is 6.07. The van der Waals surface area contributed by atoms with Gasteiger partial charge < -0.3 is 20.1 Å². The number of carbonyl (C=O) groups is 2. The molecule has 3 rings (SSSR count). The van der Waals surface area contributed by atoms with E-state index in [1.165, 1.54) is 0 Å². The summed E-state index contributed by atoms with van der Waals surface area (Å²) >= 11 is 0. The van der Waals surface area contributed by atoms with Crippen molar-refractivity contribution in [2.45, 2.75) is 57.6 Å². The van der Waals surface area contributed by atoms with E-state index in [0.29, 0.717) is 19.5 Å². The summed E-state index contributed by atoms with van der Waals surface area (Å²) in [4.78, 5) is 25.8. The maximum Gasteiger partial charge on any atom is 0.317 e.